The number of ether oxygens (including phenoxy) is 1. The molecule has 0 bridgehead atoms. The molecule has 0 aliphatic carbocycles. The lowest BCUT2D eigenvalue weighted by molar-refractivity contribution is -0.0222. The highest BCUT2D eigenvalue weighted by atomic mass is 16.5. The molecule has 0 spiro atoms. The van der Waals surface area contributed by atoms with Crippen molar-refractivity contribution < 1.29 is 14.9 Å². The predicted molar refractivity (Wildman–Crippen MR) is 86.8 cm³/mol. The van der Waals surface area contributed by atoms with Crippen LogP contribution >= 0.6 is 0 Å². The van der Waals surface area contributed by atoms with Gasteiger partial charge in [-0.1, -0.05) is 42.5 Å². The minimum Gasteiger partial charge on any atom is -0.394 e. The van der Waals surface area contributed by atoms with Crippen LogP contribution in [0.3, 0.4) is 0 Å². The summed E-state index contributed by atoms with van der Waals surface area (Å²) in [6.07, 6.45) is -0.736. The fourth-order valence-corrected chi connectivity index (χ4v) is 3.37. The van der Waals surface area contributed by atoms with Gasteiger partial charge in [0.2, 0.25) is 0 Å². The van der Waals surface area contributed by atoms with Crippen LogP contribution in [0.4, 0.5) is 0 Å². The second kappa shape index (κ2) is 5.36. The van der Waals surface area contributed by atoms with E-state index >= 15 is 0 Å². The first-order chi connectivity index (χ1) is 10.8. The van der Waals surface area contributed by atoms with Gasteiger partial charge in [-0.3, -0.25) is 0 Å². The summed E-state index contributed by atoms with van der Waals surface area (Å²) in [6.45, 7) is -0.147. The summed E-state index contributed by atoms with van der Waals surface area (Å²) in [4.78, 5) is 0. The number of hydrogen-bond donors (Lipinski definition) is 2. The molecule has 112 valence electrons. The lowest BCUT2D eigenvalue weighted by Crippen LogP contribution is -2.24. The Bertz CT molecular complexity index is 827. The van der Waals surface area contributed by atoms with Crippen LogP contribution in [-0.4, -0.2) is 29.0 Å². The fraction of sp³-hybridized carbons (Fsp3) is 0.263. The molecule has 4 rings (SSSR count). The van der Waals surface area contributed by atoms with E-state index in [1.807, 2.05) is 24.3 Å². The maximum Gasteiger partial charge on any atom is 0.107 e. The number of aliphatic hydroxyl groups is 2. The van der Waals surface area contributed by atoms with E-state index in [0.717, 1.165) is 10.9 Å². The van der Waals surface area contributed by atoms with E-state index in [9.17, 15) is 10.2 Å². The molecule has 0 radical (unpaired) electrons. The first kappa shape index (κ1) is 13.7. The van der Waals surface area contributed by atoms with Crippen LogP contribution in [0, 0.1) is 0 Å². The minimum atomic E-state index is -0.606. The monoisotopic (exact) mass is 294 g/mol. The Labute approximate surface area is 128 Å². The van der Waals surface area contributed by atoms with Gasteiger partial charge in [0, 0.05) is 6.42 Å². The topological polar surface area (TPSA) is 49.7 Å². The molecule has 0 saturated carbocycles. The van der Waals surface area contributed by atoms with Crippen molar-refractivity contribution in [2.45, 2.75) is 24.7 Å². The van der Waals surface area contributed by atoms with Gasteiger partial charge in [-0.2, -0.15) is 0 Å². The van der Waals surface area contributed by atoms with Crippen LogP contribution in [-0.2, 0) is 4.74 Å². The number of rotatable bonds is 2. The molecule has 1 unspecified atom stereocenters. The first-order valence-electron chi connectivity index (χ1n) is 7.62. The molecule has 0 aromatic heterocycles. The Morgan fingerprint density at radius 1 is 0.955 bits per heavy atom. The van der Waals surface area contributed by atoms with Gasteiger partial charge >= 0.3 is 0 Å². The highest BCUT2D eigenvalue weighted by molar-refractivity contribution is 5.99. The van der Waals surface area contributed by atoms with Crippen LogP contribution in [0.1, 0.15) is 18.1 Å². The summed E-state index contributed by atoms with van der Waals surface area (Å²) >= 11 is 0. The van der Waals surface area contributed by atoms with Gasteiger partial charge in [0.25, 0.3) is 0 Å². The van der Waals surface area contributed by atoms with Crippen molar-refractivity contribution in [1.29, 1.82) is 0 Å². The predicted octanol–water partition coefficient (Wildman–Crippen LogP) is 3.18. The van der Waals surface area contributed by atoms with Crippen molar-refractivity contribution >= 4 is 21.5 Å². The van der Waals surface area contributed by atoms with Crippen molar-refractivity contribution in [1.82, 2.24) is 0 Å². The molecule has 3 atom stereocenters. The average Bonchev–Trinajstić information content (AvgIpc) is 2.93. The van der Waals surface area contributed by atoms with E-state index in [2.05, 4.69) is 30.3 Å². The van der Waals surface area contributed by atoms with Crippen LogP contribution in [0.5, 0.6) is 0 Å². The summed E-state index contributed by atoms with van der Waals surface area (Å²) in [5.74, 6) is 0. The van der Waals surface area contributed by atoms with Gasteiger partial charge in [-0.25, -0.2) is 0 Å². The van der Waals surface area contributed by atoms with E-state index in [0.29, 0.717) is 6.42 Å². The molecule has 22 heavy (non-hydrogen) atoms. The van der Waals surface area contributed by atoms with E-state index in [-0.39, 0.29) is 12.7 Å². The Morgan fingerprint density at radius 2 is 1.68 bits per heavy atom. The second-order valence-corrected chi connectivity index (χ2v) is 5.92. The fourth-order valence-electron chi connectivity index (χ4n) is 3.37. The number of aliphatic hydroxyl groups excluding tert-OH is 2. The SMILES string of the molecule is OC[C@H]1O[C@H](c2cccc3cc4ccccc4cc23)CC1O. The highest BCUT2D eigenvalue weighted by Crippen LogP contribution is 2.37. The molecule has 0 amide bonds. The van der Waals surface area contributed by atoms with Crippen molar-refractivity contribution in [3.63, 3.8) is 0 Å². The molecule has 1 fully saturated rings. The van der Waals surface area contributed by atoms with E-state index in [1.54, 1.807) is 0 Å². The summed E-state index contributed by atoms with van der Waals surface area (Å²) in [6, 6.07) is 18.8. The van der Waals surface area contributed by atoms with Gasteiger partial charge in [0.15, 0.2) is 0 Å². The Balaban J connectivity index is 1.86. The van der Waals surface area contributed by atoms with E-state index in [4.69, 9.17) is 4.74 Å². The van der Waals surface area contributed by atoms with Crippen molar-refractivity contribution in [3.05, 3.63) is 60.2 Å². The summed E-state index contributed by atoms with van der Waals surface area (Å²) in [5, 5.41) is 24.0. The molecule has 3 aromatic rings. The molecule has 2 N–H and O–H groups in total. The maximum absolute atomic E-state index is 9.98. The average molecular weight is 294 g/mol. The van der Waals surface area contributed by atoms with Gasteiger partial charge in [0.05, 0.1) is 18.8 Å². The first-order valence-corrected chi connectivity index (χ1v) is 7.62. The van der Waals surface area contributed by atoms with Crippen LogP contribution in [0.25, 0.3) is 21.5 Å². The van der Waals surface area contributed by atoms with Crippen LogP contribution in [0.15, 0.2) is 54.6 Å². The smallest absolute Gasteiger partial charge is 0.107 e. The Kier molecular flexibility index (Phi) is 3.34. The number of hydrogen-bond acceptors (Lipinski definition) is 3. The maximum atomic E-state index is 9.98. The molecule has 3 aromatic carbocycles. The molecule has 1 aliphatic rings. The lowest BCUT2D eigenvalue weighted by atomic mass is 9.95. The zero-order valence-corrected chi connectivity index (χ0v) is 12.1. The zero-order chi connectivity index (χ0) is 15.1. The molecule has 1 aliphatic heterocycles. The van der Waals surface area contributed by atoms with Crippen LogP contribution < -0.4 is 0 Å². The molecule has 3 heteroatoms. The third kappa shape index (κ3) is 2.18. The summed E-state index contributed by atoms with van der Waals surface area (Å²) in [7, 11) is 0. The van der Waals surface area contributed by atoms with Gasteiger partial charge in [-0.15, -0.1) is 0 Å². The summed E-state index contributed by atoms with van der Waals surface area (Å²) in [5.41, 5.74) is 1.08. The van der Waals surface area contributed by atoms with Crippen LogP contribution in [0.2, 0.25) is 0 Å². The van der Waals surface area contributed by atoms with Crippen molar-refractivity contribution in [2.24, 2.45) is 0 Å². The normalized spacial score (nSPS) is 25.1. The molecular formula is C19H18O3. The second-order valence-electron chi connectivity index (χ2n) is 5.92. The third-order valence-electron chi connectivity index (χ3n) is 4.53. The van der Waals surface area contributed by atoms with Crippen molar-refractivity contribution in [2.75, 3.05) is 6.61 Å². The van der Waals surface area contributed by atoms with Gasteiger partial charge in [0.1, 0.15) is 6.10 Å². The standard InChI is InChI=1S/C19H18O3/c20-11-19-17(21)10-18(22-19)15-7-3-6-14-8-12-4-1-2-5-13(12)9-16(14)15/h1-9,17-21H,10-11H2/t17?,18-,19+/m0/s1. The quantitative estimate of drug-likeness (QED) is 0.714. The largest absolute Gasteiger partial charge is 0.394 e. The Morgan fingerprint density at radius 3 is 2.41 bits per heavy atom. The lowest BCUT2D eigenvalue weighted by Gasteiger charge is -2.15. The van der Waals surface area contributed by atoms with E-state index < -0.39 is 12.2 Å². The highest BCUT2D eigenvalue weighted by Gasteiger charge is 2.34. The minimum absolute atomic E-state index is 0.147. The number of benzene rings is 3. The van der Waals surface area contributed by atoms with Gasteiger partial charge in [-0.05, 0) is 39.2 Å². The molecule has 1 heterocycles. The molecular weight excluding hydrogens is 276 g/mol. The summed E-state index contributed by atoms with van der Waals surface area (Å²) < 4.78 is 5.83. The van der Waals surface area contributed by atoms with E-state index in [1.165, 1.54) is 16.2 Å². The number of fused-ring (bicyclic) bond motifs is 2. The Hall–Kier alpha value is -1.94. The zero-order valence-electron chi connectivity index (χ0n) is 12.1. The third-order valence-corrected chi connectivity index (χ3v) is 4.53. The van der Waals surface area contributed by atoms with Crippen molar-refractivity contribution in [3.8, 4) is 0 Å². The van der Waals surface area contributed by atoms with Gasteiger partial charge < -0.3 is 14.9 Å². The molecule has 3 nitrogen and oxygen atoms in total. The molecule has 1 saturated heterocycles.